The Morgan fingerprint density at radius 1 is 0.810 bits per heavy atom. The standard InChI is InChI=1S/C47H75F2N3O4Si2/c1-31(2)47(48,49)26-23-32(3)35-21-22-36-43(35,10)25-24-37-44(11)38(56-58(14,15)42(7,8)9)29-34(55-57(12,13)41(4,5)6)30-45(44)27-28-46(36,37)52-40(54)50(39(53)51(45)52)33-19-17-16-18-20-33/h16-20,27-28,31-32,34-38H,21-26,29-30H2,1-15H3/t32-,34+,35-,36-,37-,38+,43-,44+,45-,46+/m1/s1. The van der Waals surface area contributed by atoms with Gasteiger partial charge in [-0.25, -0.2) is 32.3 Å². The smallest absolute Gasteiger partial charge is 0.352 e. The molecule has 11 heteroatoms. The molecule has 2 bridgehead atoms. The van der Waals surface area contributed by atoms with Crippen LogP contribution in [0.4, 0.5) is 8.78 Å². The van der Waals surface area contributed by atoms with E-state index in [0.717, 1.165) is 32.1 Å². The Morgan fingerprint density at radius 2 is 1.40 bits per heavy atom. The van der Waals surface area contributed by atoms with E-state index < -0.39 is 45.0 Å². The van der Waals surface area contributed by atoms with Crippen LogP contribution in [-0.4, -0.2) is 48.7 Å². The fourth-order valence-electron chi connectivity index (χ4n) is 12.7. The number of para-hydroxylation sites is 1. The topological polar surface area (TPSA) is 67.4 Å². The van der Waals surface area contributed by atoms with Crippen LogP contribution in [0.5, 0.6) is 0 Å². The maximum absolute atomic E-state index is 15.5. The number of alkyl halides is 2. The van der Waals surface area contributed by atoms with E-state index >= 15 is 18.4 Å². The largest absolute Gasteiger partial charge is 0.414 e. The first-order valence-electron chi connectivity index (χ1n) is 22.5. The summed E-state index contributed by atoms with van der Waals surface area (Å²) in [5, 5.41) is -0.0670. The highest BCUT2D eigenvalue weighted by atomic mass is 28.4. The minimum absolute atomic E-state index is 0.00900. The molecule has 3 fully saturated rings. The molecule has 4 aliphatic carbocycles. The SMILES string of the molecule is CC(C)C(F)(F)CC[C@@H](C)[C@H]1CC[C@@H]2[C@]1(C)CC[C@H]1[C@]23C=C[C@]2(C[C@@H](O[Si](C)(C)C(C)(C)C)C[C@H](O[Si](C)(C)C(C)(C)C)[C@]12C)n1c(=O)n(-c2ccccc2)c(=O)n13. The van der Waals surface area contributed by atoms with Crippen molar-refractivity contribution in [3.63, 3.8) is 0 Å². The number of rotatable bonds is 10. The molecule has 6 aliphatic rings. The molecule has 7 nitrogen and oxygen atoms in total. The van der Waals surface area contributed by atoms with Crippen molar-refractivity contribution in [1.29, 1.82) is 0 Å². The Kier molecular flexibility index (Phi) is 10.4. The molecule has 58 heavy (non-hydrogen) atoms. The van der Waals surface area contributed by atoms with E-state index in [0.29, 0.717) is 18.5 Å². The summed E-state index contributed by atoms with van der Waals surface area (Å²) in [5.41, 5.74) is -2.47. The lowest BCUT2D eigenvalue weighted by molar-refractivity contribution is -0.234. The number of fused-ring (bicyclic) bond motifs is 1. The molecular weight excluding hydrogens is 765 g/mol. The fraction of sp³-hybridized carbons (Fsp3) is 0.787. The molecule has 0 unspecified atom stereocenters. The fourth-order valence-corrected chi connectivity index (χ4v) is 15.5. The lowest BCUT2D eigenvalue weighted by Crippen LogP contribution is -2.80. The number of nitrogens with zero attached hydrogens (tertiary/aromatic N) is 3. The van der Waals surface area contributed by atoms with Crippen molar-refractivity contribution in [2.75, 3.05) is 0 Å². The predicted molar refractivity (Wildman–Crippen MR) is 236 cm³/mol. The van der Waals surface area contributed by atoms with Crippen molar-refractivity contribution in [3.05, 3.63) is 63.5 Å². The molecule has 10 atom stereocenters. The van der Waals surface area contributed by atoms with Gasteiger partial charge in [-0.3, -0.25) is 0 Å². The van der Waals surface area contributed by atoms with E-state index in [2.05, 4.69) is 101 Å². The third kappa shape index (κ3) is 6.05. The molecule has 1 aromatic heterocycles. The van der Waals surface area contributed by atoms with Crippen molar-refractivity contribution < 1.29 is 17.6 Å². The maximum atomic E-state index is 15.5. The van der Waals surface area contributed by atoms with Gasteiger partial charge in [0.25, 0.3) is 0 Å². The summed E-state index contributed by atoms with van der Waals surface area (Å²) in [6, 6.07) is 9.39. The second-order valence-electron chi connectivity index (χ2n) is 23.4. The van der Waals surface area contributed by atoms with Gasteiger partial charge in [0.05, 0.1) is 29.0 Å². The first-order valence-corrected chi connectivity index (χ1v) is 28.3. The van der Waals surface area contributed by atoms with Crippen LogP contribution in [-0.2, 0) is 19.9 Å². The van der Waals surface area contributed by atoms with Gasteiger partial charge < -0.3 is 8.85 Å². The molecule has 0 saturated heterocycles. The highest BCUT2D eigenvalue weighted by molar-refractivity contribution is 6.74. The molecule has 2 aromatic rings. The lowest BCUT2D eigenvalue weighted by atomic mass is 9.40. The van der Waals surface area contributed by atoms with Crippen molar-refractivity contribution in [1.82, 2.24) is 13.9 Å². The Morgan fingerprint density at radius 3 is 1.98 bits per heavy atom. The maximum Gasteiger partial charge on any atom is 0.352 e. The van der Waals surface area contributed by atoms with Crippen LogP contribution in [0.25, 0.3) is 5.69 Å². The Hall–Kier alpha value is -2.09. The molecule has 0 N–H and O–H groups in total. The van der Waals surface area contributed by atoms with Gasteiger partial charge in [-0.2, -0.15) is 0 Å². The van der Waals surface area contributed by atoms with Gasteiger partial charge in [-0.1, -0.05) is 107 Å². The molecule has 2 spiro atoms. The van der Waals surface area contributed by atoms with Crippen molar-refractivity contribution >= 4 is 16.6 Å². The van der Waals surface area contributed by atoms with Crippen molar-refractivity contribution in [2.45, 2.75) is 193 Å². The first-order chi connectivity index (χ1) is 26.5. The van der Waals surface area contributed by atoms with Gasteiger partial charge in [-0.15, -0.1) is 0 Å². The molecule has 3 heterocycles. The third-order valence-electron chi connectivity index (χ3n) is 18.1. The second-order valence-corrected chi connectivity index (χ2v) is 32.9. The zero-order valence-corrected chi connectivity index (χ0v) is 40.5. The molecule has 0 radical (unpaired) electrons. The van der Waals surface area contributed by atoms with Gasteiger partial charge in [0.2, 0.25) is 5.92 Å². The van der Waals surface area contributed by atoms with E-state index in [-0.39, 0.29) is 69.2 Å². The summed E-state index contributed by atoms with van der Waals surface area (Å²) in [6.07, 6.45) is 9.61. The van der Waals surface area contributed by atoms with Crippen LogP contribution < -0.4 is 11.4 Å². The van der Waals surface area contributed by atoms with Crippen LogP contribution in [0, 0.1) is 40.4 Å². The Labute approximate surface area is 349 Å². The van der Waals surface area contributed by atoms with Gasteiger partial charge in [0.15, 0.2) is 16.6 Å². The number of aromatic nitrogens is 3. The van der Waals surface area contributed by atoms with Crippen LogP contribution in [0.1, 0.15) is 128 Å². The van der Waals surface area contributed by atoms with Gasteiger partial charge in [0.1, 0.15) is 0 Å². The highest BCUT2D eigenvalue weighted by Crippen LogP contribution is 2.75. The molecule has 1 aromatic carbocycles. The predicted octanol–water partition coefficient (Wildman–Crippen LogP) is 11.5. The number of benzene rings is 1. The normalized spacial score (nSPS) is 35.4. The average Bonchev–Trinajstić information content (AvgIpc) is 3.61. The summed E-state index contributed by atoms with van der Waals surface area (Å²) >= 11 is 0. The number of halogens is 2. The lowest BCUT2D eigenvalue weighted by Gasteiger charge is -2.73. The third-order valence-corrected chi connectivity index (χ3v) is 27.2. The number of hydrogen-bond donors (Lipinski definition) is 0. The van der Waals surface area contributed by atoms with E-state index in [9.17, 15) is 0 Å². The summed E-state index contributed by atoms with van der Waals surface area (Å²) in [6.45, 7) is 33.2. The minimum Gasteiger partial charge on any atom is -0.414 e. The summed E-state index contributed by atoms with van der Waals surface area (Å²) in [5.74, 6) is -3.03. The van der Waals surface area contributed by atoms with Crippen LogP contribution >= 0.6 is 0 Å². The zero-order valence-electron chi connectivity index (χ0n) is 38.5. The molecule has 0 amide bonds. The van der Waals surface area contributed by atoms with Crippen LogP contribution in [0.3, 0.4) is 0 Å². The van der Waals surface area contributed by atoms with Gasteiger partial charge in [0, 0.05) is 24.2 Å². The molecular formula is C47H75F2N3O4Si2. The van der Waals surface area contributed by atoms with Gasteiger partial charge in [-0.05, 0) is 116 Å². The summed E-state index contributed by atoms with van der Waals surface area (Å²) in [7, 11) is -4.66. The van der Waals surface area contributed by atoms with E-state index in [1.807, 2.05) is 39.7 Å². The van der Waals surface area contributed by atoms with E-state index in [4.69, 9.17) is 8.85 Å². The van der Waals surface area contributed by atoms with E-state index in [1.165, 1.54) is 4.57 Å². The molecule has 324 valence electrons. The monoisotopic (exact) mass is 840 g/mol. The number of hydrogen-bond acceptors (Lipinski definition) is 4. The average molecular weight is 840 g/mol. The van der Waals surface area contributed by atoms with Gasteiger partial charge >= 0.3 is 11.4 Å². The summed E-state index contributed by atoms with van der Waals surface area (Å²) < 4.78 is 50.5. The highest BCUT2D eigenvalue weighted by Gasteiger charge is 2.77. The second kappa shape index (κ2) is 13.7. The van der Waals surface area contributed by atoms with Crippen LogP contribution in [0.15, 0.2) is 52.1 Å². The minimum atomic E-state index is -2.70. The first kappa shape index (κ1) is 44.0. The number of allylic oxidation sites excluding steroid dienone is 2. The molecule has 8 rings (SSSR count). The molecule has 3 saturated carbocycles. The van der Waals surface area contributed by atoms with Crippen molar-refractivity contribution in [2.24, 2.45) is 40.4 Å². The zero-order chi connectivity index (χ0) is 43.0. The van der Waals surface area contributed by atoms with Crippen LogP contribution in [0.2, 0.25) is 36.3 Å². The summed E-state index contributed by atoms with van der Waals surface area (Å²) in [4.78, 5) is 31.0. The molecule has 2 aliphatic heterocycles. The Balaban J connectivity index is 1.46. The quantitative estimate of drug-likeness (QED) is 0.177. The van der Waals surface area contributed by atoms with E-state index in [1.54, 1.807) is 13.8 Å². The van der Waals surface area contributed by atoms with Crippen molar-refractivity contribution in [3.8, 4) is 5.69 Å². The Bertz CT molecular complexity index is 2040.